The summed E-state index contributed by atoms with van der Waals surface area (Å²) in [7, 11) is 0. The fourth-order valence-corrected chi connectivity index (χ4v) is 9.60. The van der Waals surface area contributed by atoms with Crippen molar-refractivity contribution in [1.82, 2.24) is 4.57 Å². The van der Waals surface area contributed by atoms with E-state index in [1.807, 2.05) is 0 Å². The third kappa shape index (κ3) is 6.04. The maximum absolute atomic E-state index is 2.44. The molecule has 62 heavy (non-hydrogen) atoms. The molecule has 0 N–H and O–H groups in total. The van der Waals surface area contributed by atoms with Crippen molar-refractivity contribution in [3.8, 4) is 39.1 Å². The molecule has 2 heteroatoms. The molecule has 0 atom stereocenters. The number of fused-ring (bicyclic) bond motifs is 8. The van der Waals surface area contributed by atoms with Crippen molar-refractivity contribution in [3.05, 3.63) is 243 Å². The van der Waals surface area contributed by atoms with Crippen LogP contribution in [0.5, 0.6) is 0 Å². The molecule has 0 spiro atoms. The maximum Gasteiger partial charge on any atom is 0.0619 e. The second kappa shape index (κ2) is 14.8. The van der Waals surface area contributed by atoms with Crippen LogP contribution < -0.4 is 4.90 Å². The number of hydrogen-bond acceptors (Lipinski definition) is 1. The van der Waals surface area contributed by atoms with Crippen LogP contribution in [0.1, 0.15) is 0 Å². The SMILES string of the molecule is c1ccc(-c2ccc(N(c3ccc(-c4ccc5c(ccc6ccccc65)c4)cc3)c3cccc(-c4cccc5c4c4ccc6ccccc6c4n5-c4ccccc4)c3)cc2)cc1. The summed E-state index contributed by atoms with van der Waals surface area (Å²) in [5.74, 6) is 0. The highest BCUT2D eigenvalue weighted by Gasteiger charge is 2.20. The lowest BCUT2D eigenvalue weighted by molar-refractivity contribution is 1.19. The number of benzene rings is 11. The lowest BCUT2D eigenvalue weighted by atomic mass is 9.97. The Bertz CT molecular complexity index is 3600. The van der Waals surface area contributed by atoms with Crippen molar-refractivity contribution >= 4 is 71.2 Å². The topological polar surface area (TPSA) is 8.17 Å². The minimum absolute atomic E-state index is 1.09. The molecule has 0 amide bonds. The van der Waals surface area contributed by atoms with Gasteiger partial charge in [-0.15, -0.1) is 0 Å². The quantitative estimate of drug-likeness (QED) is 0.146. The van der Waals surface area contributed by atoms with E-state index < -0.39 is 0 Å². The van der Waals surface area contributed by atoms with Crippen molar-refractivity contribution in [3.63, 3.8) is 0 Å². The van der Waals surface area contributed by atoms with E-state index in [-0.39, 0.29) is 0 Å². The average molecular weight is 789 g/mol. The first-order valence-corrected chi connectivity index (χ1v) is 21.3. The molecule has 0 aliphatic carbocycles. The molecule has 1 aromatic heterocycles. The first kappa shape index (κ1) is 35.7. The van der Waals surface area contributed by atoms with Gasteiger partial charge in [0.15, 0.2) is 0 Å². The van der Waals surface area contributed by atoms with Crippen molar-refractivity contribution in [2.24, 2.45) is 0 Å². The van der Waals surface area contributed by atoms with Crippen LogP contribution in [0.2, 0.25) is 0 Å². The third-order valence-electron chi connectivity index (χ3n) is 12.5. The van der Waals surface area contributed by atoms with Crippen LogP contribution in [0.15, 0.2) is 243 Å². The Hall–Kier alpha value is -8.20. The van der Waals surface area contributed by atoms with Crippen LogP contribution in [-0.4, -0.2) is 4.57 Å². The molecule has 1 heterocycles. The Balaban J connectivity index is 0.999. The van der Waals surface area contributed by atoms with Gasteiger partial charge in [0, 0.05) is 38.9 Å². The number of aromatic nitrogens is 1. The maximum atomic E-state index is 2.44. The minimum atomic E-state index is 1.09. The van der Waals surface area contributed by atoms with Gasteiger partial charge in [0.05, 0.1) is 11.0 Å². The minimum Gasteiger partial charge on any atom is -0.310 e. The third-order valence-corrected chi connectivity index (χ3v) is 12.5. The zero-order chi connectivity index (χ0) is 41.0. The second-order valence-corrected chi connectivity index (χ2v) is 16.1. The first-order chi connectivity index (χ1) is 30.7. The number of anilines is 3. The molecule has 0 bridgehead atoms. The lowest BCUT2D eigenvalue weighted by Crippen LogP contribution is -2.10. The van der Waals surface area contributed by atoms with Gasteiger partial charge >= 0.3 is 0 Å². The van der Waals surface area contributed by atoms with Gasteiger partial charge in [-0.05, 0) is 121 Å². The summed E-state index contributed by atoms with van der Waals surface area (Å²) in [4.78, 5) is 2.38. The molecular weight excluding hydrogens is 749 g/mol. The number of para-hydroxylation sites is 1. The highest BCUT2D eigenvalue weighted by molar-refractivity contribution is 6.22. The molecule has 12 aromatic rings. The van der Waals surface area contributed by atoms with E-state index in [4.69, 9.17) is 0 Å². The Kier molecular flexibility index (Phi) is 8.53. The summed E-state index contributed by atoms with van der Waals surface area (Å²) in [5, 5.41) is 10.1. The molecular formula is C60H40N2. The normalized spacial score (nSPS) is 11.5. The van der Waals surface area contributed by atoms with Gasteiger partial charge in [-0.2, -0.15) is 0 Å². The molecule has 2 nitrogen and oxygen atoms in total. The standard InChI is InChI=1S/C60H40N2/c1-3-13-41(14-4-1)42-27-33-50(34-28-42)61(51-35-29-43(30-36-51)46-32-37-54-48(39-46)26-25-44-15-7-9-21-53(44)54)52-20-11-17-47(40-52)55-23-12-24-58-59(55)57-38-31-45-16-8-10-22-56(45)60(57)62(58)49-18-5-2-6-19-49/h1-40H. The molecule has 290 valence electrons. The number of hydrogen-bond donors (Lipinski definition) is 0. The van der Waals surface area contributed by atoms with Crippen molar-refractivity contribution in [1.29, 1.82) is 0 Å². The molecule has 0 saturated carbocycles. The largest absolute Gasteiger partial charge is 0.310 e. The highest BCUT2D eigenvalue weighted by atomic mass is 15.1. The zero-order valence-corrected chi connectivity index (χ0v) is 34.0. The van der Waals surface area contributed by atoms with Gasteiger partial charge in [0.1, 0.15) is 0 Å². The van der Waals surface area contributed by atoms with Crippen molar-refractivity contribution in [2.75, 3.05) is 4.90 Å². The average Bonchev–Trinajstić information content (AvgIpc) is 3.70. The van der Waals surface area contributed by atoms with E-state index in [1.54, 1.807) is 0 Å². The summed E-state index contributed by atoms with van der Waals surface area (Å²) in [5.41, 5.74) is 14.0. The van der Waals surface area contributed by atoms with E-state index in [1.165, 1.54) is 87.5 Å². The van der Waals surface area contributed by atoms with Crippen LogP contribution in [0.3, 0.4) is 0 Å². The van der Waals surface area contributed by atoms with Gasteiger partial charge in [0.25, 0.3) is 0 Å². The van der Waals surface area contributed by atoms with Gasteiger partial charge < -0.3 is 9.47 Å². The number of nitrogens with zero attached hydrogens (tertiary/aromatic N) is 2. The fraction of sp³-hybridized carbons (Fsp3) is 0. The summed E-state index contributed by atoms with van der Waals surface area (Å²) < 4.78 is 2.44. The second-order valence-electron chi connectivity index (χ2n) is 16.1. The van der Waals surface area contributed by atoms with Crippen molar-refractivity contribution in [2.45, 2.75) is 0 Å². The van der Waals surface area contributed by atoms with E-state index in [2.05, 4.69) is 252 Å². The van der Waals surface area contributed by atoms with Gasteiger partial charge in [-0.1, -0.05) is 182 Å². The molecule has 12 rings (SSSR count). The summed E-state index contributed by atoms with van der Waals surface area (Å²) in [6, 6.07) is 88.4. The van der Waals surface area contributed by atoms with E-state index >= 15 is 0 Å². The predicted octanol–water partition coefficient (Wildman–Crippen LogP) is 16.7. The molecule has 0 saturated heterocycles. The Morgan fingerprint density at radius 2 is 0.823 bits per heavy atom. The summed E-state index contributed by atoms with van der Waals surface area (Å²) in [6.07, 6.45) is 0. The van der Waals surface area contributed by atoms with Gasteiger partial charge in [0.2, 0.25) is 0 Å². The van der Waals surface area contributed by atoms with Gasteiger partial charge in [-0.25, -0.2) is 0 Å². The first-order valence-electron chi connectivity index (χ1n) is 21.3. The fourth-order valence-electron chi connectivity index (χ4n) is 9.60. The smallest absolute Gasteiger partial charge is 0.0619 e. The summed E-state index contributed by atoms with van der Waals surface area (Å²) in [6.45, 7) is 0. The van der Waals surface area contributed by atoms with Crippen LogP contribution in [0.4, 0.5) is 17.1 Å². The Labute approximate surface area is 360 Å². The van der Waals surface area contributed by atoms with Crippen LogP contribution in [-0.2, 0) is 0 Å². The van der Waals surface area contributed by atoms with Crippen LogP contribution in [0.25, 0.3) is 93.2 Å². The van der Waals surface area contributed by atoms with Crippen LogP contribution in [0, 0.1) is 0 Å². The van der Waals surface area contributed by atoms with E-state index in [0.29, 0.717) is 0 Å². The predicted molar refractivity (Wildman–Crippen MR) is 264 cm³/mol. The van der Waals surface area contributed by atoms with Gasteiger partial charge in [-0.3, -0.25) is 0 Å². The Morgan fingerprint density at radius 3 is 1.58 bits per heavy atom. The molecule has 11 aromatic carbocycles. The number of rotatable bonds is 7. The highest BCUT2D eigenvalue weighted by Crippen LogP contribution is 2.44. The molecule has 0 aliphatic rings. The molecule has 0 aliphatic heterocycles. The van der Waals surface area contributed by atoms with E-state index in [9.17, 15) is 0 Å². The molecule has 0 unspecified atom stereocenters. The summed E-state index contributed by atoms with van der Waals surface area (Å²) >= 11 is 0. The lowest BCUT2D eigenvalue weighted by Gasteiger charge is -2.26. The molecule has 0 fully saturated rings. The molecule has 0 radical (unpaired) electrons. The monoisotopic (exact) mass is 788 g/mol. The zero-order valence-electron chi connectivity index (χ0n) is 34.0. The van der Waals surface area contributed by atoms with Crippen molar-refractivity contribution < 1.29 is 0 Å². The van der Waals surface area contributed by atoms with Crippen LogP contribution >= 0.6 is 0 Å². The Morgan fingerprint density at radius 1 is 0.290 bits per heavy atom. The van der Waals surface area contributed by atoms with E-state index in [0.717, 1.165) is 22.7 Å².